The maximum Gasteiger partial charge on any atom is 0.167 e. The van der Waals surface area contributed by atoms with Gasteiger partial charge in [-0.2, -0.15) is 5.26 Å². The molecular formula is C22H24N2OS. The van der Waals surface area contributed by atoms with Gasteiger partial charge in [-0.3, -0.25) is 4.79 Å². The lowest BCUT2D eigenvalue weighted by Gasteiger charge is -2.43. The van der Waals surface area contributed by atoms with E-state index in [0.29, 0.717) is 0 Å². The Hall–Kier alpha value is -2.12. The number of nitrogens with one attached hydrogen (secondary N) is 1. The van der Waals surface area contributed by atoms with Gasteiger partial charge >= 0.3 is 0 Å². The summed E-state index contributed by atoms with van der Waals surface area (Å²) in [4.78, 5) is 15.0. The zero-order chi connectivity index (χ0) is 18.9. The van der Waals surface area contributed by atoms with E-state index in [2.05, 4.69) is 24.4 Å². The van der Waals surface area contributed by atoms with Crippen LogP contribution in [0.25, 0.3) is 10.4 Å². The van der Waals surface area contributed by atoms with Crippen LogP contribution in [-0.2, 0) is 23.1 Å². The number of fused-ring (bicyclic) bond motifs is 3. The molecule has 0 atom stereocenters. The molecule has 0 saturated heterocycles. The van der Waals surface area contributed by atoms with Crippen molar-refractivity contribution in [2.45, 2.75) is 64.8 Å². The number of carbonyl (C=O) groups is 1. The van der Waals surface area contributed by atoms with Crippen LogP contribution in [0.2, 0.25) is 0 Å². The number of ketones is 1. The molecule has 0 saturated carbocycles. The first-order valence-electron chi connectivity index (χ1n) is 9.20. The molecule has 0 fully saturated rings. The molecule has 4 heteroatoms. The standard InChI is InChI=1S/C22H24N2OS/c1-12-9-13(11-23)26-19(12)16-10-17-18(15-8-6-7-14(15)16)24-22(4,5)20(25)21(17,2)3/h9-10,24H,6-8H2,1-5H3. The van der Waals surface area contributed by atoms with E-state index in [-0.39, 0.29) is 5.78 Å². The van der Waals surface area contributed by atoms with Crippen LogP contribution in [0.4, 0.5) is 5.69 Å². The van der Waals surface area contributed by atoms with Gasteiger partial charge in [-0.15, -0.1) is 11.3 Å². The van der Waals surface area contributed by atoms with E-state index >= 15 is 0 Å². The summed E-state index contributed by atoms with van der Waals surface area (Å²) in [5, 5.41) is 12.8. The quantitative estimate of drug-likeness (QED) is 0.763. The number of hydrogen-bond donors (Lipinski definition) is 1. The fourth-order valence-electron chi connectivity index (χ4n) is 4.70. The molecule has 2 aliphatic rings. The van der Waals surface area contributed by atoms with Crippen molar-refractivity contribution in [2.75, 3.05) is 5.32 Å². The Morgan fingerprint density at radius 2 is 1.85 bits per heavy atom. The Morgan fingerprint density at radius 1 is 1.15 bits per heavy atom. The highest BCUT2D eigenvalue weighted by atomic mass is 32.1. The largest absolute Gasteiger partial charge is 0.373 e. The van der Waals surface area contributed by atoms with E-state index in [1.807, 2.05) is 33.8 Å². The van der Waals surface area contributed by atoms with E-state index in [9.17, 15) is 10.1 Å². The van der Waals surface area contributed by atoms with Crippen molar-refractivity contribution in [2.24, 2.45) is 0 Å². The van der Waals surface area contributed by atoms with Crippen LogP contribution in [-0.4, -0.2) is 11.3 Å². The second kappa shape index (κ2) is 5.44. The van der Waals surface area contributed by atoms with Gasteiger partial charge in [0.2, 0.25) is 0 Å². The number of anilines is 1. The number of nitrogens with zero attached hydrogens (tertiary/aromatic N) is 1. The lowest BCUT2D eigenvalue weighted by Crippen LogP contribution is -2.53. The summed E-state index contributed by atoms with van der Waals surface area (Å²) in [5.41, 5.74) is 6.33. The number of aryl methyl sites for hydroxylation is 1. The molecule has 1 N–H and O–H groups in total. The number of thiophene rings is 1. The molecule has 0 amide bonds. The summed E-state index contributed by atoms with van der Waals surface area (Å²) in [7, 11) is 0. The first kappa shape index (κ1) is 17.3. The van der Waals surface area contributed by atoms with Gasteiger partial charge in [-0.1, -0.05) is 0 Å². The molecule has 4 rings (SSSR count). The highest BCUT2D eigenvalue weighted by Crippen LogP contribution is 2.49. The van der Waals surface area contributed by atoms with Crippen LogP contribution in [0.3, 0.4) is 0 Å². The van der Waals surface area contributed by atoms with Crippen LogP contribution in [0.15, 0.2) is 12.1 Å². The third-order valence-corrected chi connectivity index (χ3v) is 7.10. The van der Waals surface area contributed by atoms with Crippen molar-refractivity contribution in [3.8, 4) is 16.5 Å². The molecule has 0 spiro atoms. The normalized spacial score (nSPS) is 19.5. The molecule has 1 aliphatic carbocycles. The van der Waals surface area contributed by atoms with Crippen LogP contribution in [0, 0.1) is 18.3 Å². The van der Waals surface area contributed by atoms with Crippen LogP contribution >= 0.6 is 11.3 Å². The minimum atomic E-state index is -0.554. The molecule has 3 nitrogen and oxygen atoms in total. The van der Waals surface area contributed by atoms with Gasteiger partial charge in [0.15, 0.2) is 5.78 Å². The molecule has 1 aromatic heterocycles. The molecule has 26 heavy (non-hydrogen) atoms. The molecule has 1 aromatic carbocycles. The van der Waals surface area contributed by atoms with Gasteiger partial charge in [0.25, 0.3) is 0 Å². The number of benzene rings is 1. The van der Waals surface area contributed by atoms with Gasteiger partial charge in [-0.05, 0) is 93.8 Å². The Labute approximate surface area is 159 Å². The van der Waals surface area contributed by atoms with Crippen LogP contribution in [0.1, 0.15) is 61.2 Å². The van der Waals surface area contributed by atoms with Crippen molar-refractivity contribution in [3.05, 3.63) is 39.3 Å². The van der Waals surface area contributed by atoms with Gasteiger partial charge in [0.05, 0.1) is 11.0 Å². The second-order valence-corrected chi connectivity index (χ2v) is 9.65. The molecular weight excluding hydrogens is 340 g/mol. The molecule has 0 unspecified atom stereocenters. The predicted octanol–water partition coefficient (Wildman–Crippen LogP) is 5.13. The fraction of sp³-hybridized carbons (Fsp3) is 0.455. The number of carbonyl (C=O) groups excluding carboxylic acids is 1. The Bertz CT molecular complexity index is 989. The average molecular weight is 365 g/mol. The van der Waals surface area contributed by atoms with Crippen molar-refractivity contribution in [1.29, 1.82) is 5.26 Å². The Balaban J connectivity index is 2.03. The summed E-state index contributed by atoms with van der Waals surface area (Å²) in [6.45, 7) is 10.1. The molecule has 2 heterocycles. The first-order chi connectivity index (χ1) is 12.2. The molecule has 134 valence electrons. The average Bonchev–Trinajstić information content (AvgIpc) is 3.20. The molecule has 1 aliphatic heterocycles. The number of Topliss-reactive ketones (excluding diaryl/α,β-unsaturated/α-hetero) is 1. The van der Waals surface area contributed by atoms with E-state index < -0.39 is 11.0 Å². The number of hydrogen-bond acceptors (Lipinski definition) is 4. The van der Waals surface area contributed by atoms with Gasteiger partial charge in [0, 0.05) is 10.6 Å². The lowest BCUT2D eigenvalue weighted by molar-refractivity contribution is -0.127. The number of rotatable bonds is 1. The van der Waals surface area contributed by atoms with Crippen molar-refractivity contribution < 1.29 is 4.79 Å². The van der Waals surface area contributed by atoms with E-state index in [1.165, 1.54) is 27.3 Å². The summed E-state index contributed by atoms with van der Waals surface area (Å²) in [5.74, 6) is 0.224. The zero-order valence-electron chi connectivity index (χ0n) is 16.0. The predicted molar refractivity (Wildman–Crippen MR) is 107 cm³/mol. The summed E-state index contributed by atoms with van der Waals surface area (Å²) in [6, 6.07) is 6.47. The van der Waals surface area contributed by atoms with Gasteiger partial charge < -0.3 is 5.32 Å². The fourth-order valence-corrected chi connectivity index (χ4v) is 5.71. The van der Waals surface area contributed by atoms with Gasteiger partial charge in [0.1, 0.15) is 10.9 Å². The Morgan fingerprint density at radius 3 is 2.50 bits per heavy atom. The third-order valence-electron chi connectivity index (χ3n) is 5.92. The second-order valence-electron chi connectivity index (χ2n) is 8.60. The van der Waals surface area contributed by atoms with E-state index in [0.717, 1.165) is 35.3 Å². The van der Waals surface area contributed by atoms with E-state index in [4.69, 9.17) is 0 Å². The lowest BCUT2D eigenvalue weighted by atomic mass is 9.68. The summed E-state index contributed by atoms with van der Waals surface area (Å²) >= 11 is 1.56. The van der Waals surface area contributed by atoms with Crippen LogP contribution < -0.4 is 5.32 Å². The van der Waals surface area contributed by atoms with E-state index in [1.54, 1.807) is 11.3 Å². The zero-order valence-corrected chi connectivity index (χ0v) is 16.9. The molecule has 2 aromatic rings. The van der Waals surface area contributed by atoms with Crippen molar-refractivity contribution >= 4 is 22.8 Å². The molecule has 0 radical (unpaired) electrons. The monoisotopic (exact) mass is 364 g/mol. The smallest absolute Gasteiger partial charge is 0.167 e. The minimum Gasteiger partial charge on any atom is -0.373 e. The highest BCUT2D eigenvalue weighted by molar-refractivity contribution is 7.16. The summed E-state index contributed by atoms with van der Waals surface area (Å²) < 4.78 is 0. The molecule has 0 bridgehead atoms. The van der Waals surface area contributed by atoms with Crippen LogP contribution in [0.5, 0.6) is 0 Å². The minimum absolute atomic E-state index is 0.224. The topological polar surface area (TPSA) is 52.9 Å². The Kier molecular flexibility index (Phi) is 3.62. The summed E-state index contributed by atoms with van der Waals surface area (Å²) in [6.07, 6.45) is 3.26. The van der Waals surface area contributed by atoms with Crippen molar-refractivity contribution in [1.82, 2.24) is 0 Å². The third kappa shape index (κ3) is 2.27. The van der Waals surface area contributed by atoms with Crippen molar-refractivity contribution in [3.63, 3.8) is 0 Å². The maximum absolute atomic E-state index is 13.1. The maximum atomic E-state index is 13.1. The SMILES string of the molecule is Cc1cc(C#N)sc1-c1cc2c(c3c1CCC3)NC(C)(C)C(=O)C2(C)C. The van der Waals surface area contributed by atoms with Gasteiger partial charge in [-0.25, -0.2) is 0 Å². The first-order valence-corrected chi connectivity index (χ1v) is 10.0. The highest BCUT2D eigenvalue weighted by Gasteiger charge is 2.47. The number of nitriles is 1.